The van der Waals surface area contributed by atoms with Crippen LogP contribution in [0.2, 0.25) is 0 Å². The smallest absolute Gasteiger partial charge is 0.415 e. The minimum Gasteiger partial charge on any atom is -0.489 e. The van der Waals surface area contributed by atoms with Gasteiger partial charge in [-0.1, -0.05) is 6.07 Å². The number of carbonyl (C=O) groups is 3. The summed E-state index contributed by atoms with van der Waals surface area (Å²) in [5, 5.41) is 2.69. The van der Waals surface area contributed by atoms with Crippen LogP contribution in [0.3, 0.4) is 0 Å². The van der Waals surface area contributed by atoms with Crippen LogP contribution < -0.4 is 19.9 Å². The fourth-order valence-electron chi connectivity index (χ4n) is 3.95. The molecule has 0 saturated carbocycles. The second kappa shape index (κ2) is 7.46. The monoisotopic (exact) mass is 424 g/mol. The van der Waals surface area contributed by atoms with Crippen molar-refractivity contribution in [2.24, 2.45) is 0 Å². The Morgan fingerprint density at radius 2 is 2.00 bits per heavy atom. The number of benzene rings is 1. The molecule has 3 amide bonds. The van der Waals surface area contributed by atoms with Gasteiger partial charge < -0.3 is 19.5 Å². The van der Waals surface area contributed by atoms with Crippen molar-refractivity contribution in [2.45, 2.75) is 19.1 Å². The molecule has 2 atom stereocenters. The fraction of sp³-hybridized carbons (Fsp3) is 0.333. The number of ether oxygens (including phenoxy) is 3. The van der Waals surface area contributed by atoms with Crippen LogP contribution in [-0.4, -0.2) is 61.5 Å². The van der Waals surface area contributed by atoms with Crippen LogP contribution in [0.25, 0.3) is 11.1 Å². The Kier molecular flexibility index (Phi) is 4.61. The summed E-state index contributed by atoms with van der Waals surface area (Å²) in [5.74, 6) is 0.920. The first kappa shape index (κ1) is 19.2. The van der Waals surface area contributed by atoms with E-state index in [2.05, 4.69) is 10.3 Å². The van der Waals surface area contributed by atoms with Gasteiger partial charge in [-0.15, -0.1) is 0 Å². The zero-order chi connectivity index (χ0) is 21.5. The van der Waals surface area contributed by atoms with Gasteiger partial charge >= 0.3 is 12.2 Å². The number of pyridine rings is 1. The minimum absolute atomic E-state index is 0.183. The lowest BCUT2D eigenvalue weighted by Gasteiger charge is -2.31. The lowest BCUT2D eigenvalue weighted by Crippen LogP contribution is -2.47. The van der Waals surface area contributed by atoms with Gasteiger partial charge in [0.1, 0.15) is 36.9 Å². The molecular formula is C21H20N4O6. The predicted octanol–water partition coefficient (Wildman–Crippen LogP) is 1.93. The molecule has 4 heterocycles. The van der Waals surface area contributed by atoms with Gasteiger partial charge in [-0.05, 0) is 29.8 Å². The molecule has 0 unspecified atom stereocenters. The zero-order valence-corrected chi connectivity index (χ0v) is 16.7. The summed E-state index contributed by atoms with van der Waals surface area (Å²) < 4.78 is 16.3. The SMILES string of the molecule is CC(=O)NC[C@@H]1OC(=O)N2c3ccc(-c4ccc(N5CCOC5=O)nc4)cc3OC[C@@H]12. The quantitative estimate of drug-likeness (QED) is 0.798. The van der Waals surface area contributed by atoms with Crippen LogP contribution in [0.5, 0.6) is 5.75 Å². The largest absolute Gasteiger partial charge is 0.489 e. The van der Waals surface area contributed by atoms with Crippen LogP contribution in [0.4, 0.5) is 21.1 Å². The summed E-state index contributed by atoms with van der Waals surface area (Å²) in [5.41, 5.74) is 2.33. The number of carbonyl (C=O) groups excluding carboxylic acids is 3. The normalized spacial score (nSPS) is 21.7. The van der Waals surface area contributed by atoms with Crippen molar-refractivity contribution < 1.29 is 28.6 Å². The standard InChI is InChI=1S/C21H20N4O6/c1-12(26)22-10-18-16-11-30-17-8-13(2-4-15(17)25(16)21(28)31-18)14-3-5-19(23-9-14)24-6-7-29-20(24)27/h2-5,8-9,16,18H,6-7,10-11H2,1H3,(H,22,26)/t16-,18-/m0/s1. The van der Waals surface area contributed by atoms with E-state index in [0.717, 1.165) is 11.1 Å². The molecule has 160 valence electrons. The van der Waals surface area contributed by atoms with Crippen LogP contribution in [-0.2, 0) is 14.3 Å². The molecule has 1 aromatic carbocycles. The van der Waals surface area contributed by atoms with E-state index in [0.29, 0.717) is 30.4 Å². The molecule has 1 N–H and O–H groups in total. The summed E-state index contributed by atoms with van der Waals surface area (Å²) in [4.78, 5) is 42.8. The number of hydrogen-bond acceptors (Lipinski definition) is 7. The Bertz CT molecular complexity index is 1060. The summed E-state index contributed by atoms with van der Waals surface area (Å²) in [6, 6.07) is 8.86. The van der Waals surface area contributed by atoms with E-state index in [1.54, 1.807) is 17.2 Å². The second-order valence-electron chi connectivity index (χ2n) is 7.46. The maximum absolute atomic E-state index is 12.5. The van der Waals surface area contributed by atoms with Crippen molar-refractivity contribution in [3.8, 4) is 16.9 Å². The van der Waals surface area contributed by atoms with Crippen molar-refractivity contribution in [3.63, 3.8) is 0 Å². The Morgan fingerprint density at radius 1 is 1.16 bits per heavy atom. The number of hydrogen-bond donors (Lipinski definition) is 1. The van der Waals surface area contributed by atoms with Gasteiger partial charge in [0.05, 0.1) is 18.8 Å². The summed E-state index contributed by atoms with van der Waals surface area (Å²) >= 11 is 0. The first-order valence-electron chi connectivity index (χ1n) is 9.93. The van der Waals surface area contributed by atoms with Crippen LogP contribution in [0, 0.1) is 0 Å². The number of amides is 3. The molecule has 0 bridgehead atoms. The van der Waals surface area contributed by atoms with Crippen molar-refractivity contribution in [1.82, 2.24) is 10.3 Å². The number of rotatable bonds is 4. The molecule has 2 saturated heterocycles. The highest BCUT2D eigenvalue weighted by molar-refractivity contribution is 5.94. The third kappa shape index (κ3) is 3.39. The number of nitrogens with zero attached hydrogens (tertiary/aromatic N) is 3. The average Bonchev–Trinajstić information content (AvgIpc) is 3.35. The fourth-order valence-corrected chi connectivity index (χ4v) is 3.95. The summed E-state index contributed by atoms with van der Waals surface area (Å²) in [6.45, 7) is 2.76. The van der Waals surface area contributed by atoms with E-state index in [-0.39, 0.29) is 25.1 Å². The van der Waals surface area contributed by atoms with Crippen molar-refractivity contribution in [1.29, 1.82) is 0 Å². The number of cyclic esters (lactones) is 2. The van der Waals surface area contributed by atoms with Gasteiger partial charge in [0, 0.05) is 18.7 Å². The zero-order valence-electron chi connectivity index (χ0n) is 16.7. The number of anilines is 2. The lowest BCUT2D eigenvalue weighted by atomic mass is 10.0. The maximum Gasteiger partial charge on any atom is 0.415 e. The molecule has 10 nitrogen and oxygen atoms in total. The molecule has 5 rings (SSSR count). The summed E-state index contributed by atoms with van der Waals surface area (Å²) in [7, 11) is 0. The molecule has 1 aromatic heterocycles. The van der Waals surface area contributed by atoms with E-state index in [1.807, 2.05) is 24.3 Å². The van der Waals surface area contributed by atoms with Gasteiger partial charge in [0.2, 0.25) is 5.91 Å². The van der Waals surface area contributed by atoms with Gasteiger partial charge in [-0.3, -0.25) is 14.6 Å². The molecule has 2 fully saturated rings. The highest BCUT2D eigenvalue weighted by atomic mass is 16.6. The maximum atomic E-state index is 12.5. The Labute approximate surface area is 177 Å². The molecule has 3 aliphatic heterocycles. The molecule has 0 radical (unpaired) electrons. The Balaban J connectivity index is 1.37. The highest BCUT2D eigenvalue weighted by Gasteiger charge is 2.46. The van der Waals surface area contributed by atoms with Crippen molar-refractivity contribution in [2.75, 3.05) is 36.1 Å². The molecule has 0 aliphatic carbocycles. The van der Waals surface area contributed by atoms with Crippen molar-refractivity contribution in [3.05, 3.63) is 36.5 Å². The number of aromatic nitrogens is 1. The van der Waals surface area contributed by atoms with Crippen LogP contribution >= 0.6 is 0 Å². The van der Waals surface area contributed by atoms with Gasteiger partial charge in [0.25, 0.3) is 0 Å². The summed E-state index contributed by atoms with van der Waals surface area (Å²) in [6.07, 6.45) is 0.354. The van der Waals surface area contributed by atoms with Gasteiger partial charge in [-0.25, -0.2) is 14.6 Å². The molecule has 0 spiro atoms. The van der Waals surface area contributed by atoms with E-state index in [1.165, 1.54) is 11.8 Å². The van der Waals surface area contributed by atoms with E-state index in [9.17, 15) is 14.4 Å². The molecule has 3 aliphatic rings. The Hall–Kier alpha value is -3.82. The topological polar surface area (TPSA) is 110 Å². The highest BCUT2D eigenvalue weighted by Crippen LogP contribution is 2.41. The van der Waals surface area contributed by atoms with Crippen LogP contribution in [0.1, 0.15) is 6.92 Å². The third-order valence-electron chi connectivity index (χ3n) is 5.51. The first-order chi connectivity index (χ1) is 15.0. The second-order valence-corrected chi connectivity index (χ2v) is 7.46. The van der Waals surface area contributed by atoms with Crippen molar-refractivity contribution >= 4 is 29.6 Å². The van der Waals surface area contributed by atoms with Gasteiger partial charge in [-0.2, -0.15) is 0 Å². The first-order valence-corrected chi connectivity index (χ1v) is 9.93. The van der Waals surface area contributed by atoms with Gasteiger partial charge in [0.15, 0.2) is 0 Å². The molecule has 10 heteroatoms. The van der Waals surface area contributed by atoms with Crippen LogP contribution in [0.15, 0.2) is 36.5 Å². The van der Waals surface area contributed by atoms with E-state index in [4.69, 9.17) is 14.2 Å². The Morgan fingerprint density at radius 3 is 2.71 bits per heavy atom. The average molecular weight is 424 g/mol. The minimum atomic E-state index is -0.474. The predicted molar refractivity (Wildman–Crippen MR) is 109 cm³/mol. The lowest BCUT2D eigenvalue weighted by molar-refractivity contribution is -0.119. The molecule has 31 heavy (non-hydrogen) atoms. The third-order valence-corrected chi connectivity index (χ3v) is 5.51. The number of fused-ring (bicyclic) bond motifs is 3. The molecular weight excluding hydrogens is 404 g/mol. The van der Waals surface area contributed by atoms with E-state index >= 15 is 0 Å². The number of nitrogens with one attached hydrogen (secondary N) is 1. The molecule has 2 aromatic rings. The van der Waals surface area contributed by atoms with E-state index < -0.39 is 18.3 Å².